The number of rotatable bonds is 9. The molecule has 1 aliphatic carbocycles. The first-order valence-electron chi connectivity index (χ1n) is 16.7. The van der Waals surface area contributed by atoms with Gasteiger partial charge < -0.3 is 28.6 Å². The van der Waals surface area contributed by atoms with Crippen molar-refractivity contribution in [2.45, 2.75) is 41.7 Å². The molecular weight excluding hydrogens is 747 g/mol. The summed E-state index contributed by atoms with van der Waals surface area (Å²) in [5, 5.41) is 10.4. The topological polar surface area (TPSA) is 178 Å². The molecule has 1 saturated carbocycles. The Kier molecular flexibility index (Phi) is 8.96. The molecule has 284 valence electrons. The molecule has 16 nitrogen and oxygen atoms in total. The molecule has 2 aromatic heterocycles. The highest BCUT2D eigenvalue weighted by atomic mass is 35.5. The summed E-state index contributed by atoms with van der Waals surface area (Å²) >= 11 is 14.4. The van der Waals surface area contributed by atoms with Gasteiger partial charge in [-0.2, -0.15) is 0 Å². The number of amides is 2. The van der Waals surface area contributed by atoms with Gasteiger partial charge in [-0.15, -0.1) is 23.2 Å². The van der Waals surface area contributed by atoms with E-state index >= 15 is 0 Å². The fourth-order valence-corrected chi connectivity index (χ4v) is 8.75. The SMILES string of the molecule is COc1cc2nc(CCn3c(=O)n4n(c3=O)C3CC5(Cl)C(=O)N(C)C(=O)C5(Cl)C(C=Cc5cc(OC)c(O)c(OC)c5)C3=CC4)c(=O)n(C)c2cc1OC. The zero-order chi connectivity index (χ0) is 39.0. The van der Waals surface area contributed by atoms with Crippen LogP contribution in [-0.2, 0) is 36.1 Å². The van der Waals surface area contributed by atoms with Crippen LogP contribution in [0.4, 0.5) is 0 Å². The van der Waals surface area contributed by atoms with Gasteiger partial charge in [-0.1, -0.05) is 18.2 Å². The number of aryl methyl sites for hydroxylation is 2. The van der Waals surface area contributed by atoms with Gasteiger partial charge in [-0.3, -0.25) is 19.3 Å². The number of benzene rings is 2. The quantitative estimate of drug-likeness (QED) is 0.150. The van der Waals surface area contributed by atoms with E-state index in [4.69, 9.17) is 42.1 Å². The summed E-state index contributed by atoms with van der Waals surface area (Å²) in [5.41, 5.74) is 0.287. The molecule has 0 radical (unpaired) electrons. The monoisotopic (exact) mass is 782 g/mol. The number of fused-ring (bicyclic) bond motifs is 5. The molecule has 2 aliphatic heterocycles. The average Bonchev–Trinajstić information content (AvgIpc) is 3.49. The first kappa shape index (κ1) is 36.9. The minimum absolute atomic E-state index is 0.0596. The predicted octanol–water partition coefficient (Wildman–Crippen LogP) is 2.21. The summed E-state index contributed by atoms with van der Waals surface area (Å²) in [5.74, 6) is -1.63. The molecule has 0 spiro atoms. The second-order valence-corrected chi connectivity index (χ2v) is 14.5. The van der Waals surface area contributed by atoms with E-state index in [2.05, 4.69) is 4.98 Å². The number of phenols is 1. The molecule has 7 rings (SSSR count). The van der Waals surface area contributed by atoms with Gasteiger partial charge in [-0.05, 0) is 23.3 Å². The number of hydrogen-bond acceptors (Lipinski definition) is 11. The zero-order valence-corrected chi connectivity index (χ0v) is 31.6. The summed E-state index contributed by atoms with van der Waals surface area (Å²) < 4.78 is 26.2. The van der Waals surface area contributed by atoms with E-state index in [-0.39, 0.29) is 48.9 Å². The first-order valence-corrected chi connectivity index (χ1v) is 17.5. The fourth-order valence-electron chi connectivity index (χ4n) is 7.80. The van der Waals surface area contributed by atoms with E-state index < -0.39 is 50.5 Å². The van der Waals surface area contributed by atoms with Crippen molar-refractivity contribution in [3.05, 3.63) is 84.6 Å². The molecule has 54 heavy (non-hydrogen) atoms. The Hall–Kier alpha value is -5.48. The summed E-state index contributed by atoms with van der Waals surface area (Å²) in [4.78, 5) is 70.3. The highest BCUT2D eigenvalue weighted by Gasteiger charge is 2.74. The maximum atomic E-state index is 14.2. The van der Waals surface area contributed by atoms with Gasteiger partial charge in [0.25, 0.3) is 17.4 Å². The number of ether oxygens (including phenoxy) is 4. The van der Waals surface area contributed by atoms with Gasteiger partial charge in [0.15, 0.2) is 32.7 Å². The molecule has 2 amide bonds. The highest BCUT2D eigenvalue weighted by Crippen LogP contribution is 2.60. The van der Waals surface area contributed by atoms with Crippen molar-refractivity contribution in [3.63, 3.8) is 0 Å². The highest BCUT2D eigenvalue weighted by molar-refractivity contribution is 6.53. The minimum atomic E-state index is -2.01. The molecule has 4 heterocycles. The number of aromatic hydroxyl groups is 1. The summed E-state index contributed by atoms with van der Waals surface area (Å²) in [6, 6.07) is 5.40. The first-order chi connectivity index (χ1) is 25.7. The molecule has 0 bridgehead atoms. The van der Waals surface area contributed by atoms with Crippen molar-refractivity contribution >= 4 is 52.1 Å². The van der Waals surface area contributed by atoms with E-state index in [0.29, 0.717) is 33.7 Å². The lowest BCUT2D eigenvalue weighted by Crippen LogP contribution is -2.60. The van der Waals surface area contributed by atoms with Crippen LogP contribution in [0.2, 0.25) is 0 Å². The minimum Gasteiger partial charge on any atom is -0.502 e. The Balaban J connectivity index is 1.29. The Morgan fingerprint density at radius 1 is 0.889 bits per heavy atom. The van der Waals surface area contributed by atoms with Crippen LogP contribution in [-0.4, -0.2) is 90.5 Å². The van der Waals surface area contributed by atoms with Crippen LogP contribution in [0.1, 0.15) is 23.7 Å². The molecule has 3 aliphatic rings. The van der Waals surface area contributed by atoms with Crippen LogP contribution in [0, 0.1) is 5.92 Å². The number of aromatic nitrogens is 5. The summed E-state index contributed by atoms with van der Waals surface area (Å²) in [7, 11) is 8.60. The number of alkyl halides is 2. The summed E-state index contributed by atoms with van der Waals surface area (Å²) in [6.07, 6.45) is 4.61. The van der Waals surface area contributed by atoms with Gasteiger partial charge in [0.1, 0.15) is 5.69 Å². The molecule has 18 heteroatoms. The number of carbonyl (C=O) groups is 2. The molecule has 2 aromatic carbocycles. The van der Waals surface area contributed by atoms with Gasteiger partial charge in [0.2, 0.25) is 5.75 Å². The van der Waals surface area contributed by atoms with Crippen molar-refractivity contribution in [2.24, 2.45) is 13.0 Å². The van der Waals surface area contributed by atoms with Crippen molar-refractivity contribution < 1.29 is 33.6 Å². The number of methoxy groups -OCH3 is 4. The van der Waals surface area contributed by atoms with Crippen molar-refractivity contribution in [3.8, 4) is 28.7 Å². The number of halogens is 2. The molecule has 2 fully saturated rings. The lowest BCUT2D eigenvalue weighted by Gasteiger charge is -2.47. The molecule has 1 N–H and O–H groups in total. The van der Waals surface area contributed by atoms with Crippen molar-refractivity contribution in [1.82, 2.24) is 28.4 Å². The lowest BCUT2D eigenvalue weighted by atomic mass is 9.66. The number of likely N-dealkylation sites (tertiary alicyclic amines) is 1. The second kappa shape index (κ2) is 13.1. The summed E-state index contributed by atoms with van der Waals surface area (Å²) in [6.45, 7) is -0.247. The van der Waals surface area contributed by atoms with Crippen LogP contribution in [0.3, 0.4) is 0 Å². The number of allylic oxidation sites excluding steroid dienone is 3. The Morgan fingerprint density at radius 3 is 2.15 bits per heavy atom. The number of imide groups is 1. The van der Waals surface area contributed by atoms with Gasteiger partial charge in [-0.25, -0.2) is 28.5 Å². The number of hydrogen-bond donors (Lipinski definition) is 1. The Morgan fingerprint density at radius 2 is 1.52 bits per heavy atom. The largest absolute Gasteiger partial charge is 0.502 e. The molecule has 1 saturated heterocycles. The van der Waals surface area contributed by atoms with E-state index in [1.54, 1.807) is 49.5 Å². The van der Waals surface area contributed by atoms with Gasteiger partial charge >= 0.3 is 11.4 Å². The van der Waals surface area contributed by atoms with Crippen LogP contribution in [0.25, 0.3) is 17.1 Å². The third-order valence-corrected chi connectivity index (χ3v) is 12.1. The van der Waals surface area contributed by atoms with Gasteiger partial charge in [0.05, 0.1) is 52.1 Å². The second-order valence-electron chi connectivity index (χ2n) is 13.2. The third-order valence-electron chi connectivity index (χ3n) is 10.6. The van der Waals surface area contributed by atoms with Crippen LogP contribution in [0.15, 0.2) is 56.4 Å². The zero-order valence-electron chi connectivity index (χ0n) is 30.1. The van der Waals surface area contributed by atoms with E-state index in [1.165, 1.54) is 49.4 Å². The van der Waals surface area contributed by atoms with E-state index in [1.807, 2.05) is 0 Å². The molecule has 4 atom stereocenters. The van der Waals surface area contributed by atoms with Gasteiger partial charge in [0, 0.05) is 51.5 Å². The normalized spacial score (nSPS) is 23.3. The van der Waals surface area contributed by atoms with Crippen LogP contribution in [0.5, 0.6) is 28.7 Å². The van der Waals surface area contributed by atoms with E-state index in [9.17, 15) is 29.1 Å². The van der Waals surface area contributed by atoms with Crippen molar-refractivity contribution in [2.75, 3.05) is 35.5 Å². The fraction of sp³-hybridized carbons (Fsp3) is 0.389. The number of phenolic OH excluding ortho intramolecular Hbond substituents is 1. The van der Waals surface area contributed by atoms with E-state index in [0.717, 1.165) is 9.47 Å². The Labute approximate surface area is 316 Å². The third kappa shape index (κ3) is 5.10. The molecule has 4 unspecified atom stereocenters. The van der Waals surface area contributed by atoms with Crippen molar-refractivity contribution in [1.29, 1.82) is 0 Å². The Bertz CT molecular complexity index is 2490. The predicted molar refractivity (Wildman–Crippen MR) is 197 cm³/mol. The smallest absolute Gasteiger partial charge is 0.347 e. The lowest BCUT2D eigenvalue weighted by molar-refractivity contribution is -0.137. The number of nitrogens with zero attached hydrogens (tertiary/aromatic N) is 6. The van der Waals surface area contributed by atoms with Crippen LogP contribution >= 0.6 is 23.2 Å². The maximum Gasteiger partial charge on any atom is 0.347 e. The number of carbonyl (C=O) groups excluding carboxylic acids is 2. The average molecular weight is 784 g/mol. The van der Waals surface area contributed by atoms with Crippen LogP contribution < -0.4 is 35.9 Å². The molecular formula is C36H36Cl2N6O10. The standard InChI is InChI=1S/C36H36Cl2N6O10/c1-40-23-16-26(52-4)25(51-3)15-22(23)39-21(30(40)46)10-11-42-33(49)43-12-9-19-20(8-7-18-13-27(53-5)29(45)28(14-18)54-6)36(38)32(48)41(2)31(47)35(36,37)17-24(19)44(43)34(42)50/h7-9,13-16,20,24,45H,10-12,17H2,1-6H3. The molecule has 4 aromatic rings. The maximum absolute atomic E-state index is 14.2.